The first-order valence-electron chi connectivity index (χ1n) is 6.80. The number of anilines is 1. The highest BCUT2D eigenvalue weighted by Crippen LogP contribution is 2.25. The summed E-state index contributed by atoms with van der Waals surface area (Å²) in [7, 11) is 0. The molecule has 1 N–H and O–H groups in total. The number of pyridine rings is 1. The molecule has 0 aliphatic heterocycles. The third kappa shape index (κ3) is 4.08. The highest BCUT2D eigenvalue weighted by atomic mass is 16.4. The van der Waals surface area contributed by atoms with Crippen LogP contribution in [0.3, 0.4) is 0 Å². The van der Waals surface area contributed by atoms with Gasteiger partial charge in [-0.05, 0) is 26.0 Å². The van der Waals surface area contributed by atoms with Crippen molar-refractivity contribution in [2.75, 3.05) is 18.0 Å². The van der Waals surface area contributed by atoms with Gasteiger partial charge < -0.3 is 10.0 Å². The van der Waals surface area contributed by atoms with Crippen molar-refractivity contribution in [1.82, 2.24) is 4.98 Å². The molecule has 110 valence electrons. The van der Waals surface area contributed by atoms with Crippen LogP contribution in [0.25, 0.3) is 0 Å². The minimum atomic E-state index is -0.925. The maximum absolute atomic E-state index is 11.3. The fourth-order valence-electron chi connectivity index (χ4n) is 1.87. The summed E-state index contributed by atoms with van der Waals surface area (Å²) in [6, 6.07) is 3.28. The molecule has 4 nitrogen and oxygen atoms in total. The van der Waals surface area contributed by atoms with Crippen molar-refractivity contribution in [2.24, 2.45) is 0 Å². The van der Waals surface area contributed by atoms with Gasteiger partial charge in [0.15, 0.2) is 0 Å². The van der Waals surface area contributed by atoms with Crippen LogP contribution in [0.2, 0.25) is 0 Å². The summed E-state index contributed by atoms with van der Waals surface area (Å²) in [4.78, 5) is 18.0. The zero-order chi connectivity index (χ0) is 15.5. The Bertz CT molecular complexity index is 516. The molecular weight excluding hydrogens is 252 g/mol. The van der Waals surface area contributed by atoms with E-state index in [1.165, 1.54) is 0 Å². The second-order valence-electron chi connectivity index (χ2n) is 6.13. The van der Waals surface area contributed by atoms with Gasteiger partial charge in [0.25, 0.3) is 0 Å². The van der Waals surface area contributed by atoms with Crippen molar-refractivity contribution in [3.63, 3.8) is 0 Å². The van der Waals surface area contributed by atoms with Crippen molar-refractivity contribution < 1.29 is 9.90 Å². The van der Waals surface area contributed by atoms with Gasteiger partial charge in [-0.3, -0.25) is 0 Å². The highest BCUT2D eigenvalue weighted by molar-refractivity contribution is 5.88. The minimum absolute atomic E-state index is 0.192. The van der Waals surface area contributed by atoms with Crippen molar-refractivity contribution in [3.05, 3.63) is 35.5 Å². The Morgan fingerprint density at radius 1 is 1.40 bits per heavy atom. The van der Waals surface area contributed by atoms with E-state index in [4.69, 9.17) is 0 Å². The summed E-state index contributed by atoms with van der Waals surface area (Å²) in [6.07, 6.45) is 0. The van der Waals surface area contributed by atoms with Crippen LogP contribution >= 0.6 is 0 Å². The van der Waals surface area contributed by atoms with Gasteiger partial charge in [0, 0.05) is 24.2 Å². The number of nitrogens with zero attached hydrogens (tertiary/aromatic N) is 2. The molecule has 1 rings (SSSR count). The van der Waals surface area contributed by atoms with Gasteiger partial charge in [0.1, 0.15) is 5.82 Å². The molecule has 0 amide bonds. The first-order chi connectivity index (χ1) is 9.15. The van der Waals surface area contributed by atoms with E-state index < -0.39 is 5.97 Å². The molecule has 4 heteroatoms. The van der Waals surface area contributed by atoms with E-state index in [0.717, 1.165) is 17.8 Å². The lowest BCUT2D eigenvalue weighted by molar-refractivity contribution is 0.0696. The third-order valence-corrected chi connectivity index (χ3v) is 2.99. The zero-order valence-electron chi connectivity index (χ0n) is 13.0. The van der Waals surface area contributed by atoms with Gasteiger partial charge in [-0.15, -0.1) is 0 Å². The van der Waals surface area contributed by atoms with Crippen LogP contribution < -0.4 is 4.90 Å². The first kappa shape index (κ1) is 16.2. The Morgan fingerprint density at radius 3 is 2.40 bits per heavy atom. The van der Waals surface area contributed by atoms with Crippen LogP contribution in [0.1, 0.15) is 50.7 Å². The third-order valence-electron chi connectivity index (χ3n) is 2.99. The summed E-state index contributed by atoms with van der Waals surface area (Å²) >= 11 is 0. The Morgan fingerprint density at radius 2 is 2.00 bits per heavy atom. The molecule has 0 saturated carbocycles. The smallest absolute Gasteiger partial charge is 0.335 e. The summed E-state index contributed by atoms with van der Waals surface area (Å²) in [5, 5.41) is 9.27. The van der Waals surface area contributed by atoms with E-state index in [1.54, 1.807) is 12.1 Å². The Hall–Kier alpha value is -1.84. The van der Waals surface area contributed by atoms with Gasteiger partial charge in [0.2, 0.25) is 0 Å². The van der Waals surface area contributed by atoms with Gasteiger partial charge in [-0.1, -0.05) is 32.9 Å². The maximum Gasteiger partial charge on any atom is 0.335 e. The fraction of sp³-hybridized carbons (Fsp3) is 0.500. The predicted molar refractivity (Wildman–Crippen MR) is 82.6 cm³/mol. The van der Waals surface area contributed by atoms with E-state index in [0.29, 0.717) is 12.4 Å². The molecule has 0 aliphatic carbocycles. The second kappa shape index (κ2) is 6.07. The molecule has 0 bridgehead atoms. The molecule has 0 atom stereocenters. The summed E-state index contributed by atoms with van der Waals surface area (Å²) in [5.74, 6) is -0.231. The number of carbonyl (C=O) groups is 1. The van der Waals surface area contributed by atoms with Gasteiger partial charge in [0.05, 0.1) is 5.56 Å². The van der Waals surface area contributed by atoms with Crippen LogP contribution in [-0.2, 0) is 5.41 Å². The SMILES string of the molecule is C=C(C)CN(CC)c1cc(C(=O)O)cc(C(C)(C)C)n1. The molecule has 1 aromatic heterocycles. The molecule has 0 spiro atoms. The van der Waals surface area contributed by atoms with E-state index in [-0.39, 0.29) is 11.0 Å². The Balaban J connectivity index is 3.34. The van der Waals surface area contributed by atoms with Crippen LogP contribution in [0.5, 0.6) is 0 Å². The normalized spacial score (nSPS) is 11.2. The Labute approximate surface area is 121 Å². The number of carboxylic acids is 1. The second-order valence-corrected chi connectivity index (χ2v) is 6.13. The molecular formula is C16H24N2O2. The van der Waals surface area contributed by atoms with Crippen molar-refractivity contribution in [2.45, 2.75) is 40.0 Å². The van der Waals surface area contributed by atoms with Gasteiger partial charge >= 0.3 is 5.97 Å². The quantitative estimate of drug-likeness (QED) is 0.837. The van der Waals surface area contributed by atoms with Crippen molar-refractivity contribution in [3.8, 4) is 0 Å². The Kier molecular flexibility index (Phi) is 4.93. The van der Waals surface area contributed by atoms with Gasteiger partial charge in [-0.2, -0.15) is 0 Å². The molecule has 0 fully saturated rings. The standard InChI is InChI=1S/C16H24N2O2/c1-7-18(10-11(2)3)14-9-12(15(19)20)8-13(17-14)16(4,5)6/h8-9H,2,7,10H2,1,3-6H3,(H,19,20). The highest BCUT2D eigenvalue weighted by Gasteiger charge is 2.20. The van der Waals surface area contributed by atoms with E-state index >= 15 is 0 Å². The molecule has 1 aromatic rings. The maximum atomic E-state index is 11.3. The van der Waals surface area contributed by atoms with Crippen LogP contribution in [0.15, 0.2) is 24.3 Å². The first-order valence-corrected chi connectivity index (χ1v) is 6.80. The number of rotatable bonds is 5. The van der Waals surface area contributed by atoms with Gasteiger partial charge in [-0.25, -0.2) is 9.78 Å². The molecule has 0 radical (unpaired) electrons. The van der Waals surface area contributed by atoms with Crippen molar-refractivity contribution >= 4 is 11.8 Å². The summed E-state index contributed by atoms with van der Waals surface area (Å²) < 4.78 is 0. The molecule has 1 heterocycles. The number of hydrogen-bond donors (Lipinski definition) is 1. The molecule has 0 aromatic carbocycles. The summed E-state index contributed by atoms with van der Waals surface area (Å²) in [5.41, 5.74) is 1.89. The largest absolute Gasteiger partial charge is 0.478 e. The number of aromatic nitrogens is 1. The molecule has 0 unspecified atom stereocenters. The lowest BCUT2D eigenvalue weighted by atomic mass is 9.90. The van der Waals surface area contributed by atoms with Crippen LogP contribution in [-0.4, -0.2) is 29.1 Å². The number of hydrogen-bond acceptors (Lipinski definition) is 3. The number of carboxylic acid groups (broad SMARTS) is 1. The topological polar surface area (TPSA) is 53.4 Å². The van der Waals surface area contributed by atoms with Crippen LogP contribution in [0, 0.1) is 0 Å². The lowest BCUT2D eigenvalue weighted by Crippen LogP contribution is -2.27. The molecule has 0 saturated heterocycles. The molecule has 0 aliphatic rings. The monoisotopic (exact) mass is 276 g/mol. The van der Waals surface area contributed by atoms with E-state index in [9.17, 15) is 9.90 Å². The zero-order valence-corrected chi connectivity index (χ0v) is 13.0. The van der Waals surface area contributed by atoms with E-state index in [1.807, 2.05) is 39.5 Å². The predicted octanol–water partition coefficient (Wildman–Crippen LogP) is 3.48. The minimum Gasteiger partial charge on any atom is -0.478 e. The average Bonchev–Trinajstić information content (AvgIpc) is 2.34. The lowest BCUT2D eigenvalue weighted by Gasteiger charge is -2.26. The number of aromatic carboxylic acids is 1. The van der Waals surface area contributed by atoms with Crippen molar-refractivity contribution in [1.29, 1.82) is 0 Å². The molecule has 20 heavy (non-hydrogen) atoms. The summed E-state index contributed by atoms with van der Waals surface area (Å²) in [6.45, 7) is 15.4. The fourth-order valence-corrected chi connectivity index (χ4v) is 1.87. The number of likely N-dealkylation sites (N-methyl/N-ethyl adjacent to an activating group) is 1. The van der Waals surface area contributed by atoms with Crippen LogP contribution in [0.4, 0.5) is 5.82 Å². The van der Waals surface area contributed by atoms with E-state index in [2.05, 4.69) is 11.6 Å². The average molecular weight is 276 g/mol.